The summed E-state index contributed by atoms with van der Waals surface area (Å²) in [7, 11) is 0. The first-order valence-electron chi connectivity index (χ1n) is 18.4. The number of aromatic nitrogens is 6. The number of ether oxygens (including phenoxy) is 1. The molecule has 0 spiro atoms. The molecule has 0 bridgehead atoms. The molecule has 19 nitrogen and oxygen atoms in total. The highest BCUT2D eigenvalue weighted by Gasteiger charge is 2.38. The number of urea groups is 2. The molecule has 2 aliphatic heterocycles. The minimum absolute atomic E-state index is 0.00604. The van der Waals surface area contributed by atoms with E-state index in [1.165, 1.54) is 51.0 Å². The summed E-state index contributed by atoms with van der Waals surface area (Å²) in [6.45, 7) is 3.72. The van der Waals surface area contributed by atoms with E-state index in [0.717, 1.165) is 34.0 Å². The van der Waals surface area contributed by atoms with E-state index < -0.39 is 23.9 Å². The standard InChI is InChI=1S/C38H32N12O7S2/c1-2-57-12-10-39-34(52)28-8-6-27(59-28)23-15-30(50-32(44-23)21(18-42-50)13-24-33(51)47-37(55)45-24)49-36(54)25(46-38(49)56)14-20-17-41-48-11-9-22(43-31(20)48)26-5-7-29(58-26)35(53)40-16-19-3-4-19/h5-9,11,13-15,17-19H,2-4,10,12,16H2,1H3,(H,39,52)(H,40,53)(H,46,56)(H2,45,47,51,55)/b24-13-,25-14-. The predicted octanol–water partition coefficient (Wildman–Crippen LogP) is 3.41. The van der Waals surface area contributed by atoms with Gasteiger partial charge >= 0.3 is 12.1 Å². The van der Waals surface area contributed by atoms with Gasteiger partial charge in [0.05, 0.1) is 49.9 Å². The lowest BCUT2D eigenvalue weighted by atomic mass is 10.2. The van der Waals surface area contributed by atoms with E-state index in [1.54, 1.807) is 30.5 Å². The van der Waals surface area contributed by atoms with Crippen LogP contribution in [0.15, 0.2) is 66.4 Å². The van der Waals surface area contributed by atoms with Crippen LogP contribution in [-0.4, -0.2) is 91.2 Å². The molecule has 3 fully saturated rings. The number of thiophene rings is 2. The monoisotopic (exact) mass is 832 g/mol. The quantitative estimate of drug-likeness (QED) is 0.0643. The van der Waals surface area contributed by atoms with Gasteiger partial charge in [-0.2, -0.15) is 14.7 Å². The highest BCUT2D eigenvalue weighted by atomic mass is 32.1. The maximum absolute atomic E-state index is 14.2. The fourth-order valence-corrected chi connectivity index (χ4v) is 8.10. The summed E-state index contributed by atoms with van der Waals surface area (Å²) < 4.78 is 8.11. The molecule has 59 heavy (non-hydrogen) atoms. The van der Waals surface area contributed by atoms with E-state index in [2.05, 4.69) is 36.8 Å². The third-order valence-electron chi connectivity index (χ3n) is 9.45. The Balaban J connectivity index is 1.04. The van der Waals surface area contributed by atoms with Gasteiger partial charge in [-0.25, -0.2) is 29.0 Å². The molecule has 3 aliphatic rings. The minimum Gasteiger partial charge on any atom is -0.380 e. The first-order chi connectivity index (χ1) is 28.6. The van der Waals surface area contributed by atoms with E-state index in [-0.39, 0.29) is 34.7 Å². The Morgan fingerprint density at radius 1 is 0.847 bits per heavy atom. The molecular formula is C38H32N12O7S2. The maximum atomic E-state index is 14.2. The van der Waals surface area contributed by atoms with Crippen LogP contribution >= 0.6 is 22.7 Å². The summed E-state index contributed by atoms with van der Waals surface area (Å²) in [6.07, 6.45) is 9.72. The van der Waals surface area contributed by atoms with E-state index in [4.69, 9.17) is 14.7 Å². The normalized spacial score (nSPS) is 16.7. The first-order valence-corrected chi connectivity index (χ1v) is 20.1. The largest absolute Gasteiger partial charge is 0.380 e. The Bertz CT molecular complexity index is 2810. The van der Waals surface area contributed by atoms with Crippen LogP contribution in [0.3, 0.4) is 0 Å². The van der Waals surface area contributed by atoms with E-state index >= 15 is 0 Å². The molecule has 0 radical (unpaired) electrons. The van der Waals surface area contributed by atoms with Crippen LogP contribution in [0.2, 0.25) is 0 Å². The van der Waals surface area contributed by atoms with Crippen molar-refractivity contribution in [1.29, 1.82) is 0 Å². The molecule has 6 aromatic heterocycles. The van der Waals surface area contributed by atoms with Crippen LogP contribution in [0.5, 0.6) is 0 Å². The Morgan fingerprint density at radius 3 is 2.27 bits per heavy atom. The predicted molar refractivity (Wildman–Crippen MR) is 215 cm³/mol. The summed E-state index contributed by atoms with van der Waals surface area (Å²) in [5.41, 5.74) is 2.03. The topological polar surface area (TPSA) is 235 Å². The van der Waals surface area contributed by atoms with Crippen molar-refractivity contribution >= 4 is 87.6 Å². The summed E-state index contributed by atoms with van der Waals surface area (Å²) >= 11 is 2.46. The van der Waals surface area contributed by atoms with Gasteiger partial charge in [-0.05, 0) is 68.2 Å². The number of nitrogens with zero attached hydrogens (tertiary/aromatic N) is 7. The fourth-order valence-electron chi connectivity index (χ4n) is 6.32. The van der Waals surface area contributed by atoms with Crippen molar-refractivity contribution in [3.63, 3.8) is 0 Å². The van der Waals surface area contributed by atoms with Crippen molar-refractivity contribution in [3.8, 4) is 21.1 Å². The molecule has 9 rings (SSSR count). The lowest BCUT2D eigenvalue weighted by Gasteiger charge is -2.14. The Labute approximate surface area is 341 Å². The van der Waals surface area contributed by atoms with Gasteiger partial charge in [0.25, 0.3) is 23.6 Å². The van der Waals surface area contributed by atoms with Crippen molar-refractivity contribution in [2.75, 3.05) is 31.2 Å². The highest BCUT2D eigenvalue weighted by molar-refractivity contribution is 7.17. The van der Waals surface area contributed by atoms with E-state index in [0.29, 0.717) is 75.0 Å². The second kappa shape index (κ2) is 15.3. The van der Waals surface area contributed by atoms with Gasteiger partial charge in [0.1, 0.15) is 17.2 Å². The molecule has 8 heterocycles. The van der Waals surface area contributed by atoms with Gasteiger partial charge in [-0.1, -0.05) is 0 Å². The molecule has 1 aliphatic carbocycles. The van der Waals surface area contributed by atoms with Crippen molar-refractivity contribution in [2.45, 2.75) is 19.8 Å². The van der Waals surface area contributed by atoms with Crippen LogP contribution in [0, 0.1) is 5.92 Å². The number of carbonyl (C=O) groups excluding carboxylic acids is 6. The fraction of sp³-hybridized carbons (Fsp3) is 0.211. The molecule has 298 valence electrons. The van der Waals surface area contributed by atoms with Crippen LogP contribution < -0.4 is 31.5 Å². The van der Waals surface area contributed by atoms with Gasteiger partial charge in [0.2, 0.25) is 0 Å². The molecule has 8 amide bonds. The van der Waals surface area contributed by atoms with E-state index in [9.17, 15) is 28.8 Å². The number of anilines is 1. The van der Waals surface area contributed by atoms with Crippen LogP contribution in [-0.2, 0) is 14.3 Å². The lowest BCUT2D eigenvalue weighted by molar-refractivity contribution is -0.116. The van der Waals surface area contributed by atoms with E-state index in [1.807, 2.05) is 13.0 Å². The molecule has 0 unspecified atom stereocenters. The van der Waals surface area contributed by atoms with Crippen LogP contribution in [0.25, 0.3) is 44.6 Å². The average Bonchev–Trinajstić information content (AvgIpc) is 3.81. The maximum Gasteiger partial charge on any atom is 0.334 e. The smallest absolute Gasteiger partial charge is 0.334 e. The van der Waals surface area contributed by atoms with Gasteiger partial charge in [-0.15, -0.1) is 22.7 Å². The van der Waals surface area contributed by atoms with Crippen molar-refractivity contribution in [1.82, 2.24) is 55.8 Å². The summed E-state index contributed by atoms with van der Waals surface area (Å²) in [6, 6.07) is 8.71. The van der Waals surface area contributed by atoms with Crippen molar-refractivity contribution in [2.24, 2.45) is 5.92 Å². The lowest BCUT2D eigenvalue weighted by Crippen LogP contribution is -2.32. The molecule has 0 aromatic carbocycles. The third kappa shape index (κ3) is 7.44. The second-order valence-electron chi connectivity index (χ2n) is 13.5. The zero-order chi connectivity index (χ0) is 40.8. The second-order valence-corrected chi connectivity index (χ2v) is 15.7. The number of carbonyl (C=O) groups is 6. The van der Waals surface area contributed by atoms with Gasteiger partial charge in [-0.3, -0.25) is 24.5 Å². The molecule has 21 heteroatoms. The van der Waals surface area contributed by atoms with Crippen LogP contribution in [0.1, 0.15) is 50.2 Å². The van der Waals surface area contributed by atoms with Gasteiger partial charge < -0.3 is 26.0 Å². The number of hydrogen-bond acceptors (Lipinski definition) is 13. The number of hydrogen-bond donors (Lipinski definition) is 5. The SMILES string of the molecule is CCOCCNC(=O)c1ccc(-c2cc(N3C(=O)N/C(=C\c4cnn5ccc(-c6ccc(C(=O)NCC7CC7)s6)nc45)C3=O)n3ncc(/C=C4\NC(=O)NC4=O)c3n2)s1. The zero-order valence-corrected chi connectivity index (χ0v) is 32.6. The molecular weight excluding hydrogens is 801 g/mol. The zero-order valence-electron chi connectivity index (χ0n) is 31.0. The Kier molecular flexibility index (Phi) is 9.74. The summed E-state index contributed by atoms with van der Waals surface area (Å²) in [4.78, 5) is 90.4. The first kappa shape index (κ1) is 37.5. The van der Waals surface area contributed by atoms with Gasteiger partial charge in [0.15, 0.2) is 11.3 Å². The van der Waals surface area contributed by atoms with Crippen LogP contribution in [0.4, 0.5) is 15.4 Å². The summed E-state index contributed by atoms with van der Waals surface area (Å²) in [5.74, 6) is -1.26. The molecule has 6 aromatic rings. The summed E-state index contributed by atoms with van der Waals surface area (Å²) in [5, 5.41) is 21.8. The third-order valence-corrected chi connectivity index (χ3v) is 11.7. The van der Waals surface area contributed by atoms with Gasteiger partial charge in [0, 0.05) is 43.1 Å². The molecule has 0 atom stereocenters. The number of nitrogens with one attached hydrogen (secondary N) is 5. The highest BCUT2D eigenvalue weighted by Crippen LogP contribution is 2.34. The van der Waals surface area contributed by atoms with Crippen molar-refractivity contribution < 1.29 is 33.5 Å². The Morgan fingerprint density at radius 2 is 1.54 bits per heavy atom. The molecule has 1 saturated carbocycles. The minimum atomic E-state index is -0.783. The molecule has 5 N–H and O–H groups in total. The Hall–Kier alpha value is -7.10. The number of fused-ring (bicyclic) bond motifs is 2. The average molecular weight is 833 g/mol. The number of imide groups is 2. The number of rotatable bonds is 13. The molecule has 2 saturated heterocycles. The van der Waals surface area contributed by atoms with Crippen molar-refractivity contribution in [3.05, 3.63) is 87.3 Å². The number of amides is 8.